The van der Waals surface area contributed by atoms with Gasteiger partial charge in [-0.15, -0.1) is 11.8 Å². The van der Waals surface area contributed by atoms with E-state index in [1.807, 2.05) is 11.8 Å². The Morgan fingerprint density at radius 1 is 1.69 bits per heavy atom. The second kappa shape index (κ2) is 4.86. The Kier molecular flexibility index (Phi) is 4.06. The minimum Gasteiger partial charge on any atom is -0.331 e. The van der Waals surface area contributed by atoms with Crippen LogP contribution in [-0.4, -0.2) is 35.0 Å². The summed E-state index contributed by atoms with van der Waals surface area (Å²) in [5, 5.41) is 0. The number of nitrogens with zero attached hydrogens (tertiary/aromatic N) is 1. The molecule has 76 valence electrons. The Bertz CT molecular complexity index is 180. The molecular weight excluding hydrogens is 184 g/mol. The monoisotopic (exact) mass is 202 g/mol. The average molecular weight is 202 g/mol. The van der Waals surface area contributed by atoms with E-state index in [1.54, 1.807) is 11.8 Å². The summed E-state index contributed by atoms with van der Waals surface area (Å²) in [6.07, 6.45) is 0.966. The van der Waals surface area contributed by atoms with Gasteiger partial charge in [-0.3, -0.25) is 4.79 Å². The van der Waals surface area contributed by atoms with Crippen LogP contribution in [0.5, 0.6) is 0 Å². The van der Waals surface area contributed by atoms with Crippen molar-refractivity contribution in [3.05, 3.63) is 0 Å². The molecule has 1 amide bonds. The molecule has 4 heteroatoms. The number of rotatable bonds is 3. The molecule has 0 aliphatic carbocycles. The molecular formula is C9H18N2OS. The first-order chi connectivity index (χ1) is 6.16. The highest BCUT2D eigenvalue weighted by Gasteiger charge is 2.26. The molecule has 1 heterocycles. The van der Waals surface area contributed by atoms with Crippen LogP contribution in [-0.2, 0) is 4.79 Å². The lowest BCUT2D eigenvalue weighted by molar-refractivity contribution is -0.132. The quantitative estimate of drug-likeness (QED) is 0.739. The molecule has 0 bridgehead atoms. The molecule has 1 aliphatic heterocycles. The molecule has 1 saturated heterocycles. The molecule has 1 unspecified atom stereocenters. The molecule has 0 aromatic heterocycles. The van der Waals surface area contributed by atoms with Crippen LogP contribution in [0.3, 0.4) is 0 Å². The van der Waals surface area contributed by atoms with Gasteiger partial charge in [0.15, 0.2) is 0 Å². The van der Waals surface area contributed by atoms with E-state index in [-0.39, 0.29) is 17.9 Å². The van der Waals surface area contributed by atoms with Crippen molar-refractivity contribution in [2.24, 2.45) is 11.7 Å². The number of hydrogen-bond donors (Lipinski definition) is 1. The summed E-state index contributed by atoms with van der Waals surface area (Å²) < 4.78 is 0. The molecule has 0 saturated carbocycles. The number of amides is 1. The van der Waals surface area contributed by atoms with Crippen molar-refractivity contribution < 1.29 is 4.79 Å². The zero-order valence-electron chi connectivity index (χ0n) is 8.32. The summed E-state index contributed by atoms with van der Waals surface area (Å²) >= 11 is 1.80. The number of nitrogens with two attached hydrogens (primary N) is 1. The predicted molar refractivity (Wildman–Crippen MR) is 56.5 cm³/mol. The molecule has 1 aliphatic rings. The maximum atomic E-state index is 11.7. The van der Waals surface area contributed by atoms with Crippen LogP contribution < -0.4 is 5.73 Å². The van der Waals surface area contributed by atoms with Gasteiger partial charge in [0.2, 0.25) is 5.91 Å². The molecule has 0 spiro atoms. The second-order valence-corrected chi connectivity index (χ2v) is 4.63. The maximum absolute atomic E-state index is 11.7. The van der Waals surface area contributed by atoms with E-state index in [0.29, 0.717) is 0 Å². The van der Waals surface area contributed by atoms with Gasteiger partial charge in [0.1, 0.15) is 0 Å². The van der Waals surface area contributed by atoms with Crippen LogP contribution >= 0.6 is 11.8 Å². The van der Waals surface area contributed by atoms with Crippen molar-refractivity contribution in [3.8, 4) is 0 Å². The van der Waals surface area contributed by atoms with Gasteiger partial charge < -0.3 is 10.6 Å². The molecule has 13 heavy (non-hydrogen) atoms. The first-order valence-corrected chi connectivity index (χ1v) is 5.94. The fraction of sp³-hybridized carbons (Fsp3) is 0.889. The van der Waals surface area contributed by atoms with Crippen molar-refractivity contribution >= 4 is 17.7 Å². The van der Waals surface area contributed by atoms with Gasteiger partial charge in [0.05, 0.1) is 11.9 Å². The summed E-state index contributed by atoms with van der Waals surface area (Å²) in [5.41, 5.74) is 5.85. The molecule has 0 radical (unpaired) electrons. The molecule has 0 aromatic rings. The Morgan fingerprint density at radius 3 is 2.85 bits per heavy atom. The topological polar surface area (TPSA) is 46.3 Å². The van der Waals surface area contributed by atoms with Crippen LogP contribution in [0.1, 0.15) is 20.3 Å². The fourth-order valence-electron chi connectivity index (χ4n) is 1.30. The van der Waals surface area contributed by atoms with Gasteiger partial charge >= 0.3 is 0 Å². The third kappa shape index (κ3) is 2.61. The predicted octanol–water partition coefficient (Wildman–Crippen LogP) is 0.893. The normalized spacial score (nSPS) is 21.6. The van der Waals surface area contributed by atoms with Crippen molar-refractivity contribution in [1.82, 2.24) is 4.90 Å². The van der Waals surface area contributed by atoms with Crippen LogP contribution in [0.2, 0.25) is 0 Å². The minimum absolute atomic E-state index is 0.124. The Morgan fingerprint density at radius 2 is 2.38 bits per heavy atom. The van der Waals surface area contributed by atoms with Gasteiger partial charge in [0.25, 0.3) is 0 Å². The number of hydrogen-bond acceptors (Lipinski definition) is 3. The van der Waals surface area contributed by atoms with E-state index in [0.717, 1.165) is 24.6 Å². The van der Waals surface area contributed by atoms with E-state index >= 15 is 0 Å². The Balaban J connectivity index is 2.45. The van der Waals surface area contributed by atoms with E-state index in [4.69, 9.17) is 5.73 Å². The summed E-state index contributed by atoms with van der Waals surface area (Å²) in [4.78, 5) is 13.6. The van der Waals surface area contributed by atoms with Crippen molar-refractivity contribution in [2.75, 3.05) is 18.2 Å². The zero-order chi connectivity index (χ0) is 9.84. The molecule has 0 aromatic carbocycles. The lowest BCUT2D eigenvalue weighted by Crippen LogP contribution is -2.45. The van der Waals surface area contributed by atoms with Gasteiger partial charge in [-0.1, -0.05) is 20.3 Å². The van der Waals surface area contributed by atoms with Crippen LogP contribution in [0, 0.1) is 5.92 Å². The first kappa shape index (κ1) is 10.9. The van der Waals surface area contributed by atoms with Crippen molar-refractivity contribution in [2.45, 2.75) is 26.3 Å². The van der Waals surface area contributed by atoms with Gasteiger partial charge in [-0.2, -0.15) is 0 Å². The minimum atomic E-state index is -0.302. The molecule has 2 N–H and O–H groups in total. The molecule has 1 fully saturated rings. The van der Waals surface area contributed by atoms with E-state index < -0.39 is 0 Å². The smallest absolute Gasteiger partial charge is 0.240 e. The van der Waals surface area contributed by atoms with Gasteiger partial charge in [0, 0.05) is 12.3 Å². The first-order valence-electron chi connectivity index (χ1n) is 4.79. The number of carbonyl (C=O) groups excluding carboxylic acids is 1. The standard InChI is InChI=1S/C9H18N2OS/c1-3-7(2)8(10)9(12)11-4-5-13-6-11/h7-8H,3-6,10H2,1-2H3/t7-,8?/m0/s1. The average Bonchev–Trinajstić information content (AvgIpc) is 2.67. The van der Waals surface area contributed by atoms with Gasteiger partial charge in [-0.25, -0.2) is 0 Å². The summed E-state index contributed by atoms with van der Waals surface area (Å²) in [6, 6.07) is -0.302. The number of carbonyl (C=O) groups is 1. The highest BCUT2D eigenvalue weighted by Crippen LogP contribution is 2.16. The largest absolute Gasteiger partial charge is 0.331 e. The van der Waals surface area contributed by atoms with Crippen LogP contribution in [0.15, 0.2) is 0 Å². The lowest BCUT2D eigenvalue weighted by Gasteiger charge is -2.23. The Labute approximate surface area is 84.0 Å². The van der Waals surface area contributed by atoms with E-state index in [9.17, 15) is 4.79 Å². The van der Waals surface area contributed by atoms with Crippen LogP contribution in [0.4, 0.5) is 0 Å². The molecule has 3 nitrogen and oxygen atoms in total. The third-order valence-electron chi connectivity index (χ3n) is 2.61. The summed E-state index contributed by atoms with van der Waals surface area (Å²) in [6.45, 7) is 4.97. The lowest BCUT2D eigenvalue weighted by atomic mass is 9.99. The Hall–Kier alpha value is -0.220. The zero-order valence-corrected chi connectivity index (χ0v) is 9.14. The summed E-state index contributed by atoms with van der Waals surface area (Å²) in [5.74, 6) is 2.29. The summed E-state index contributed by atoms with van der Waals surface area (Å²) in [7, 11) is 0. The number of thioether (sulfide) groups is 1. The second-order valence-electron chi connectivity index (χ2n) is 3.55. The maximum Gasteiger partial charge on any atom is 0.240 e. The third-order valence-corrected chi connectivity index (χ3v) is 3.57. The van der Waals surface area contributed by atoms with Crippen LogP contribution in [0.25, 0.3) is 0 Å². The molecule has 2 atom stereocenters. The van der Waals surface area contributed by atoms with Gasteiger partial charge in [-0.05, 0) is 5.92 Å². The highest BCUT2D eigenvalue weighted by molar-refractivity contribution is 7.99. The molecule has 1 rings (SSSR count). The SMILES string of the molecule is CC[C@H](C)C(N)C(=O)N1CCSC1. The van der Waals surface area contributed by atoms with E-state index in [1.165, 1.54) is 0 Å². The highest BCUT2D eigenvalue weighted by atomic mass is 32.2. The fourth-order valence-corrected chi connectivity index (χ4v) is 2.25. The van der Waals surface area contributed by atoms with E-state index in [2.05, 4.69) is 6.92 Å². The van der Waals surface area contributed by atoms with Crippen molar-refractivity contribution in [3.63, 3.8) is 0 Å². The van der Waals surface area contributed by atoms with Crippen molar-refractivity contribution in [1.29, 1.82) is 0 Å².